The maximum Gasteiger partial charge on any atom is -0.0142 e. The largest absolute Gasteiger partial charge is 0.0461 e. The lowest BCUT2D eigenvalue weighted by Crippen LogP contribution is -2.52. The normalized spacial score (nSPS) is 98.7. The zero-order valence-corrected chi connectivity index (χ0v) is 5.43. The Morgan fingerprint density at radius 2 is 2.11 bits per heavy atom. The lowest BCUT2D eigenvalue weighted by Gasteiger charge is -2.58. The summed E-state index contributed by atoms with van der Waals surface area (Å²) in [6.45, 7) is 0. The van der Waals surface area contributed by atoms with Crippen molar-refractivity contribution in [2.24, 2.45) is 34.5 Å². The molecule has 0 aromatic carbocycles. The molecule has 0 bridgehead atoms. The third-order valence-corrected chi connectivity index (χ3v) is 5.81. The van der Waals surface area contributed by atoms with Crippen molar-refractivity contribution in [3.63, 3.8) is 0 Å². The molecule has 0 aliphatic heterocycles. The fourth-order valence-electron chi connectivity index (χ4n) is 5.73. The van der Waals surface area contributed by atoms with Crippen LogP contribution in [0.25, 0.3) is 0 Å². The standard InChI is InChI=1S/C9H10/c1-4-2-7-8-3-6(8)5(1)9(4,7)8/h4-7H,1-3H2. The first-order valence-corrected chi connectivity index (χ1v) is 4.42. The molecule has 0 aromatic rings. The lowest BCUT2D eigenvalue weighted by molar-refractivity contribution is -0.101. The highest BCUT2D eigenvalue weighted by Gasteiger charge is 3.07. The smallest absolute Gasteiger partial charge is 0.0142 e. The molecule has 0 aromatic heterocycles. The predicted molar refractivity (Wildman–Crippen MR) is 32.7 cm³/mol. The van der Waals surface area contributed by atoms with E-state index in [1.165, 1.54) is 23.7 Å². The van der Waals surface area contributed by atoms with Crippen molar-refractivity contribution in [1.82, 2.24) is 0 Å². The highest BCUT2D eigenvalue weighted by Crippen LogP contribution is 3.12. The number of hydrogen-bond donors (Lipinski definition) is 0. The maximum absolute atomic E-state index is 1.68. The van der Waals surface area contributed by atoms with E-state index in [0.717, 1.165) is 10.8 Å². The van der Waals surface area contributed by atoms with Crippen molar-refractivity contribution in [2.45, 2.75) is 19.3 Å². The average molecular weight is 118 g/mol. The van der Waals surface area contributed by atoms with Gasteiger partial charge in [0.2, 0.25) is 0 Å². The number of rotatable bonds is 0. The fraction of sp³-hybridized carbons (Fsp3) is 1.00. The van der Waals surface area contributed by atoms with E-state index < -0.39 is 0 Å². The van der Waals surface area contributed by atoms with Crippen molar-refractivity contribution in [1.29, 1.82) is 0 Å². The molecular weight excluding hydrogens is 108 g/mol. The topological polar surface area (TPSA) is 0 Å². The van der Waals surface area contributed by atoms with Crippen molar-refractivity contribution in [3.05, 3.63) is 0 Å². The first-order valence-electron chi connectivity index (χ1n) is 4.42. The summed E-state index contributed by atoms with van der Waals surface area (Å²) < 4.78 is 0. The molecule has 6 unspecified atom stereocenters. The molecule has 6 atom stereocenters. The minimum absolute atomic E-state index is 1.08. The Balaban J connectivity index is 1.97. The Hall–Kier alpha value is 0. The zero-order valence-electron chi connectivity index (χ0n) is 5.43. The highest BCUT2D eigenvalue weighted by atomic mass is 15.1. The molecule has 0 saturated heterocycles. The summed E-state index contributed by atoms with van der Waals surface area (Å²) in [5.74, 6) is 5.16. The SMILES string of the molecule is C1C2CC3C45CC4C1C235. The fourth-order valence-corrected chi connectivity index (χ4v) is 5.73. The van der Waals surface area contributed by atoms with E-state index in [2.05, 4.69) is 0 Å². The maximum atomic E-state index is 1.68. The van der Waals surface area contributed by atoms with Gasteiger partial charge in [0, 0.05) is 0 Å². The van der Waals surface area contributed by atoms with E-state index in [9.17, 15) is 0 Å². The second-order valence-electron chi connectivity index (χ2n) is 5.11. The molecule has 0 amide bonds. The van der Waals surface area contributed by atoms with E-state index in [-0.39, 0.29) is 0 Å². The van der Waals surface area contributed by atoms with Crippen LogP contribution in [0.4, 0.5) is 0 Å². The molecule has 0 radical (unpaired) electrons. The number of fused-ring (bicyclic) bond motifs is 1. The van der Waals surface area contributed by atoms with E-state index in [1.54, 1.807) is 19.3 Å². The van der Waals surface area contributed by atoms with Crippen LogP contribution in [-0.4, -0.2) is 0 Å². The van der Waals surface area contributed by atoms with Crippen LogP contribution >= 0.6 is 0 Å². The molecule has 5 rings (SSSR count). The van der Waals surface area contributed by atoms with Crippen molar-refractivity contribution < 1.29 is 0 Å². The van der Waals surface area contributed by atoms with Gasteiger partial charge in [-0.15, -0.1) is 0 Å². The Labute approximate surface area is 54.6 Å². The second kappa shape index (κ2) is 0.538. The van der Waals surface area contributed by atoms with Gasteiger partial charge in [0.1, 0.15) is 0 Å². The summed E-state index contributed by atoms with van der Waals surface area (Å²) in [5.41, 5.74) is 2.18. The van der Waals surface area contributed by atoms with Gasteiger partial charge < -0.3 is 0 Å². The van der Waals surface area contributed by atoms with Gasteiger partial charge in [-0.25, -0.2) is 0 Å². The molecule has 9 heavy (non-hydrogen) atoms. The van der Waals surface area contributed by atoms with E-state index in [1.807, 2.05) is 0 Å². The summed E-state index contributed by atoms with van der Waals surface area (Å²) in [6, 6.07) is 0. The van der Waals surface area contributed by atoms with E-state index >= 15 is 0 Å². The van der Waals surface area contributed by atoms with Crippen LogP contribution in [0, 0.1) is 34.5 Å². The van der Waals surface area contributed by atoms with Crippen LogP contribution in [0.1, 0.15) is 19.3 Å². The Morgan fingerprint density at radius 1 is 1.11 bits per heavy atom. The van der Waals surface area contributed by atoms with Gasteiger partial charge in [-0.05, 0) is 53.8 Å². The van der Waals surface area contributed by atoms with E-state index in [4.69, 9.17) is 0 Å². The second-order valence-corrected chi connectivity index (χ2v) is 5.11. The van der Waals surface area contributed by atoms with Crippen molar-refractivity contribution in [3.8, 4) is 0 Å². The van der Waals surface area contributed by atoms with Crippen molar-refractivity contribution in [2.75, 3.05) is 0 Å². The molecule has 2 spiro atoms. The Bertz CT molecular complexity index is 247. The van der Waals surface area contributed by atoms with Gasteiger partial charge in [-0.3, -0.25) is 0 Å². The summed E-state index contributed by atoms with van der Waals surface area (Å²) >= 11 is 0. The van der Waals surface area contributed by atoms with Gasteiger partial charge in [-0.1, -0.05) is 0 Å². The summed E-state index contributed by atoms with van der Waals surface area (Å²) in [7, 11) is 0. The summed E-state index contributed by atoms with van der Waals surface area (Å²) in [6.07, 6.45) is 4.99. The number of hydrogen-bond acceptors (Lipinski definition) is 0. The molecule has 0 heteroatoms. The first-order chi connectivity index (χ1) is 4.42. The average Bonchev–Trinajstić information content (AvgIpc) is 2.53. The van der Waals surface area contributed by atoms with Crippen LogP contribution < -0.4 is 0 Å². The predicted octanol–water partition coefficient (Wildman–Crippen LogP) is 1.66. The molecule has 0 N–H and O–H groups in total. The lowest BCUT2D eigenvalue weighted by atomic mass is 9.46. The first kappa shape index (κ1) is 3.41. The van der Waals surface area contributed by atoms with Crippen LogP contribution in [-0.2, 0) is 0 Å². The highest BCUT2D eigenvalue weighted by molar-refractivity contribution is 5.54. The molecule has 46 valence electrons. The minimum Gasteiger partial charge on any atom is -0.0461 e. The van der Waals surface area contributed by atoms with E-state index in [0.29, 0.717) is 0 Å². The van der Waals surface area contributed by atoms with Gasteiger partial charge in [0.05, 0.1) is 0 Å². The summed E-state index contributed by atoms with van der Waals surface area (Å²) in [4.78, 5) is 0. The third kappa shape index (κ3) is 0.107. The minimum atomic E-state index is 1.08. The van der Waals surface area contributed by atoms with Crippen LogP contribution in [0.2, 0.25) is 0 Å². The monoisotopic (exact) mass is 118 g/mol. The molecule has 0 heterocycles. The molecule has 5 fully saturated rings. The van der Waals surface area contributed by atoms with Crippen LogP contribution in [0.3, 0.4) is 0 Å². The summed E-state index contributed by atoms with van der Waals surface area (Å²) in [5, 5.41) is 0. The van der Waals surface area contributed by atoms with Gasteiger partial charge in [0.25, 0.3) is 0 Å². The molecule has 5 saturated carbocycles. The van der Waals surface area contributed by atoms with Crippen LogP contribution in [0.5, 0.6) is 0 Å². The Morgan fingerprint density at radius 3 is 2.67 bits per heavy atom. The molecule has 5 aliphatic carbocycles. The Kier molecular flexibility index (Phi) is 0.204. The van der Waals surface area contributed by atoms with Gasteiger partial charge in [0.15, 0.2) is 0 Å². The molecule has 0 nitrogen and oxygen atoms in total. The quantitative estimate of drug-likeness (QED) is 0.454. The van der Waals surface area contributed by atoms with Gasteiger partial charge in [-0.2, -0.15) is 0 Å². The van der Waals surface area contributed by atoms with Crippen LogP contribution in [0.15, 0.2) is 0 Å². The van der Waals surface area contributed by atoms with Crippen molar-refractivity contribution >= 4 is 0 Å². The zero-order chi connectivity index (χ0) is 5.43. The van der Waals surface area contributed by atoms with Gasteiger partial charge >= 0.3 is 0 Å². The molecule has 5 aliphatic rings. The molecular formula is C9H10. The third-order valence-electron chi connectivity index (χ3n) is 5.81.